The molecule has 0 saturated carbocycles. The number of benzene rings is 1. The molecule has 1 amide bonds. The Morgan fingerprint density at radius 1 is 1.18 bits per heavy atom. The number of nitrogens with one attached hydrogen (secondary N) is 1. The number of carbonyl (C=O) groups excluding carboxylic acids is 1. The number of carbonyl (C=O) groups is 1. The van der Waals surface area contributed by atoms with Gasteiger partial charge in [-0.15, -0.1) is 0 Å². The molecule has 0 unspecified atom stereocenters. The van der Waals surface area contributed by atoms with Crippen LogP contribution in [0.15, 0.2) is 30.5 Å². The molecule has 7 nitrogen and oxygen atoms in total. The van der Waals surface area contributed by atoms with Crippen molar-refractivity contribution in [1.29, 1.82) is 0 Å². The topological polar surface area (TPSA) is 82.6 Å². The van der Waals surface area contributed by atoms with Crippen LogP contribution < -0.4 is 19.5 Å². The third kappa shape index (κ3) is 3.93. The van der Waals surface area contributed by atoms with Gasteiger partial charge < -0.3 is 14.2 Å². The summed E-state index contributed by atoms with van der Waals surface area (Å²) in [5, 5.41) is 3.02. The molecule has 0 radical (unpaired) electrons. The van der Waals surface area contributed by atoms with Crippen LogP contribution >= 0.6 is 11.3 Å². The normalized spacial score (nSPS) is 14.0. The van der Waals surface area contributed by atoms with Crippen LogP contribution in [0.5, 0.6) is 17.4 Å². The van der Waals surface area contributed by atoms with Crippen molar-refractivity contribution in [2.45, 2.75) is 38.5 Å². The highest BCUT2D eigenvalue weighted by atomic mass is 32.1. The zero-order valence-electron chi connectivity index (χ0n) is 18.9. The molecular weight excluding hydrogens is 471 g/mol. The number of fused-ring (bicyclic) bond motifs is 3. The first-order valence-electron chi connectivity index (χ1n) is 10.5. The van der Waals surface area contributed by atoms with Crippen molar-refractivity contribution in [3.63, 3.8) is 0 Å². The predicted molar refractivity (Wildman–Crippen MR) is 121 cm³/mol. The highest BCUT2D eigenvalue weighted by Crippen LogP contribution is 2.52. The number of nitrogens with zero attached hydrogens (tertiary/aromatic N) is 2. The Balaban J connectivity index is 1.78. The van der Waals surface area contributed by atoms with Gasteiger partial charge >= 0.3 is 6.18 Å². The predicted octanol–water partition coefficient (Wildman–Crippen LogP) is 5.90. The van der Waals surface area contributed by atoms with Crippen LogP contribution in [0.1, 0.15) is 47.5 Å². The van der Waals surface area contributed by atoms with Crippen LogP contribution in [0.3, 0.4) is 0 Å². The Hall–Kier alpha value is -3.34. The third-order valence-corrected chi connectivity index (χ3v) is 6.95. The van der Waals surface area contributed by atoms with Crippen LogP contribution in [-0.2, 0) is 11.8 Å². The molecule has 1 aliphatic heterocycles. The van der Waals surface area contributed by atoms with Crippen LogP contribution in [0.25, 0.3) is 11.3 Å². The molecule has 1 aromatic carbocycles. The molecule has 2 aromatic heterocycles. The lowest BCUT2D eigenvalue weighted by Crippen LogP contribution is -2.34. The minimum atomic E-state index is -4.50. The number of ether oxygens (including phenoxy) is 3. The van der Waals surface area contributed by atoms with Gasteiger partial charge in [-0.2, -0.15) is 13.2 Å². The average molecular weight is 494 g/mol. The Kier molecular flexibility index (Phi) is 6.15. The molecular formula is C23H22F3N3O4S. The van der Waals surface area contributed by atoms with Gasteiger partial charge in [-0.05, 0) is 37.1 Å². The number of pyridine rings is 1. The van der Waals surface area contributed by atoms with Gasteiger partial charge in [0.05, 0.1) is 30.4 Å². The van der Waals surface area contributed by atoms with Crippen molar-refractivity contribution in [2.24, 2.45) is 0 Å². The van der Waals surface area contributed by atoms with E-state index in [1.54, 1.807) is 0 Å². The van der Waals surface area contributed by atoms with Crippen molar-refractivity contribution in [1.82, 2.24) is 9.97 Å². The van der Waals surface area contributed by atoms with E-state index >= 15 is 0 Å². The van der Waals surface area contributed by atoms with E-state index in [9.17, 15) is 18.0 Å². The number of thiazole rings is 1. The number of hydrogen-bond acceptors (Lipinski definition) is 7. The summed E-state index contributed by atoms with van der Waals surface area (Å²) < 4.78 is 56.5. The van der Waals surface area contributed by atoms with Gasteiger partial charge in [0.1, 0.15) is 22.7 Å². The minimum absolute atomic E-state index is 0.0861. The molecule has 0 fully saturated rings. The smallest absolute Gasteiger partial charge is 0.416 e. The van der Waals surface area contributed by atoms with Crippen LogP contribution in [0, 0.1) is 0 Å². The van der Waals surface area contributed by atoms with Gasteiger partial charge in [0.2, 0.25) is 5.88 Å². The van der Waals surface area contributed by atoms with Crippen molar-refractivity contribution in [3.8, 4) is 28.6 Å². The largest absolute Gasteiger partial charge is 0.496 e. The van der Waals surface area contributed by atoms with Gasteiger partial charge in [0, 0.05) is 11.8 Å². The van der Waals surface area contributed by atoms with E-state index < -0.39 is 23.2 Å². The average Bonchev–Trinajstić information content (AvgIpc) is 3.26. The fraction of sp³-hybridized carbons (Fsp3) is 0.348. The Morgan fingerprint density at radius 3 is 2.53 bits per heavy atom. The van der Waals surface area contributed by atoms with E-state index in [0.29, 0.717) is 24.1 Å². The summed E-state index contributed by atoms with van der Waals surface area (Å²) in [6.45, 7) is 3.80. The van der Waals surface area contributed by atoms with Gasteiger partial charge in [0.15, 0.2) is 5.13 Å². The maximum Gasteiger partial charge on any atom is 0.416 e. The highest BCUT2D eigenvalue weighted by Gasteiger charge is 2.43. The number of methoxy groups -OCH3 is 2. The molecule has 11 heteroatoms. The fourth-order valence-corrected chi connectivity index (χ4v) is 5.18. The third-order valence-electron chi connectivity index (χ3n) is 5.79. The zero-order valence-corrected chi connectivity index (χ0v) is 19.7. The molecule has 0 aliphatic carbocycles. The van der Waals surface area contributed by atoms with Gasteiger partial charge in [-0.3, -0.25) is 10.1 Å². The van der Waals surface area contributed by atoms with E-state index in [-0.39, 0.29) is 28.1 Å². The van der Waals surface area contributed by atoms with E-state index in [1.807, 2.05) is 13.8 Å². The standard InChI is InChI=1S/C23H22F3N3O4S/c1-5-22(6-2)18-17(13-8-7-12(23(24,25)26)11-15(13)33-22)28-21(34-18)29-19(30)16-14(31-3)9-10-27-20(16)32-4/h7-11H,5-6H2,1-4H3,(H,28,29,30). The number of rotatable bonds is 6. The second-order valence-electron chi connectivity index (χ2n) is 7.56. The SMILES string of the molecule is CCC1(CC)Oc2cc(C(F)(F)F)ccc2-c2nc(NC(=O)c3c(OC)ccnc3OC)sc21. The molecule has 0 bridgehead atoms. The number of amides is 1. The van der Waals surface area contributed by atoms with E-state index in [0.717, 1.165) is 17.0 Å². The Bertz CT molecular complexity index is 1220. The Morgan fingerprint density at radius 2 is 1.91 bits per heavy atom. The summed E-state index contributed by atoms with van der Waals surface area (Å²) >= 11 is 1.22. The summed E-state index contributed by atoms with van der Waals surface area (Å²) in [7, 11) is 2.81. The first-order valence-corrected chi connectivity index (χ1v) is 11.3. The molecule has 4 rings (SSSR count). The molecule has 3 aromatic rings. The number of aromatic nitrogens is 2. The van der Waals surface area contributed by atoms with Crippen molar-refractivity contribution >= 4 is 22.4 Å². The quantitative estimate of drug-likeness (QED) is 0.460. The molecule has 0 spiro atoms. The van der Waals surface area contributed by atoms with Crippen molar-refractivity contribution < 1.29 is 32.2 Å². The lowest BCUT2D eigenvalue weighted by atomic mass is 9.89. The lowest BCUT2D eigenvalue weighted by Gasteiger charge is -2.36. The summed E-state index contributed by atoms with van der Waals surface area (Å²) in [5.74, 6) is -0.0664. The van der Waals surface area contributed by atoms with E-state index in [4.69, 9.17) is 14.2 Å². The van der Waals surface area contributed by atoms with Crippen LogP contribution in [-0.4, -0.2) is 30.1 Å². The fourth-order valence-electron chi connectivity index (χ4n) is 3.94. The van der Waals surface area contributed by atoms with E-state index in [2.05, 4.69) is 15.3 Å². The lowest BCUT2D eigenvalue weighted by molar-refractivity contribution is -0.137. The monoisotopic (exact) mass is 493 g/mol. The second kappa shape index (κ2) is 8.79. The summed E-state index contributed by atoms with van der Waals surface area (Å²) in [4.78, 5) is 22.5. The molecule has 0 saturated heterocycles. The highest BCUT2D eigenvalue weighted by molar-refractivity contribution is 7.16. The van der Waals surface area contributed by atoms with Gasteiger partial charge in [-0.25, -0.2) is 9.97 Å². The molecule has 34 heavy (non-hydrogen) atoms. The van der Waals surface area contributed by atoms with Gasteiger partial charge in [-0.1, -0.05) is 25.2 Å². The van der Waals surface area contributed by atoms with Crippen molar-refractivity contribution in [2.75, 3.05) is 19.5 Å². The molecule has 1 N–H and O–H groups in total. The van der Waals surface area contributed by atoms with Crippen LogP contribution in [0.4, 0.5) is 18.3 Å². The molecule has 180 valence electrons. The second-order valence-corrected chi connectivity index (χ2v) is 8.56. The number of anilines is 1. The molecule has 3 heterocycles. The Labute approximate surface area is 197 Å². The summed E-state index contributed by atoms with van der Waals surface area (Å²) in [5.41, 5.74) is -0.630. The minimum Gasteiger partial charge on any atom is -0.496 e. The molecule has 1 aliphatic rings. The number of hydrogen-bond donors (Lipinski definition) is 1. The first kappa shape index (κ1) is 23.8. The number of alkyl halides is 3. The maximum absolute atomic E-state index is 13.3. The first-order chi connectivity index (χ1) is 16.2. The maximum atomic E-state index is 13.3. The molecule has 0 atom stereocenters. The van der Waals surface area contributed by atoms with Crippen LogP contribution in [0.2, 0.25) is 0 Å². The summed E-state index contributed by atoms with van der Waals surface area (Å²) in [6, 6.07) is 4.89. The zero-order chi connectivity index (χ0) is 24.7. The van der Waals surface area contributed by atoms with Crippen molar-refractivity contribution in [3.05, 3.63) is 46.5 Å². The number of halogens is 3. The summed E-state index contributed by atoms with van der Waals surface area (Å²) in [6.07, 6.45) is -2.03. The van der Waals surface area contributed by atoms with E-state index in [1.165, 1.54) is 43.9 Å². The van der Waals surface area contributed by atoms with Gasteiger partial charge in [0.25, 0.3) is 5.91 Å².